The van der Waals surface area contributed by atoms with Crippen LogP contribution in [0, 0.1) is 5.82 Å². The van der Waals surface area contributed by atoms with Gasteiger partial charge in [0, 0.05) is 43.3 Å². The molecule has 248 valence electrons. The maximum Gasteiger partial charge on any atom is 0.337 e. The molecular weight excluding hydrogens is 633 g/mol. The first-order chi connectivity index (χ1) is 23.3. The van der Waals surface area contributed by atoms with Crippen LogP contribution in [0.25, 0.3) is 27.8 Å². The molecule has 0 bridgehead atoms. The van der Waals surface area contributed by atoms with Crippen LogP contribution < -0.4 is 16.6 Å². The van der Waals surface area contributed by atoms with E-state index in [0.717, 1.165) is 54.4 Å². The van der Waals surface area contributed by atoms with E-state index < -0.39 is 17.1 Å². The molecule has 1 aliphatic carbocycles. The number of phenols is 1. The molecule has 0 spiro atoms. The number of hydrogen-bond donors (Lipinski definition) is 2. The first kappa shape index (κ1) is 32.2. The average Bonchev–Trinajstić information content (AvgIpc) is 3.10. The van der Waals surface area contributed by atoms with Crippen molar-refractivity contribution in [1.29, 1.82) is 0 Å². The standard InChI is InChI=1S/C37H37ClFN5O4/c38-27-6-4-24(5-7-27)21-40-29-8-10-30(11-9-29)44-36(46)34-20-28(39)22-41-35(34)43(37(44)47)31-3-1-2-25(18-31)33-13-12-32(45)19-26(33)23-42-14-16-48-17-15-42/h1-7,12-13,18-20,22,29-30,40,45H,8-11,14-17,21,23H2/t29-,30+. The van der Waals surface area contributed by atoms with Crippen LogP contribution in [-0.4, -0.2) is 56.5 Å². The number of ether oxygens (including phenoxy) is 1. The van der Waals surface area contributed by atoms with E-state index in [1.807, 2.05) is 48.5 Å². The van der Waals surface area contributed by atoms with Gasteiger partial charge in [0.15, 0.2) is 5.65 Å². The minimum absolute atomic E-state index is 0.0561. The van der Waals surface area contributed by atoms with Gasteiger partial charge in [-0.15, -0.1) is 0 Å². The van der Waals surface area contributed by atoms with Crippen LogP contribution in [0.4, 0.5) is 4.39 Å². The van der Waals surface area contributed by atoms with Gasteiger partial charge in [0.25, 0.3) is 5.56 Å². The molecule has 0 radical (unpaired) electrons. The zero-order valence-corrected chi connectivity index (χ0v) is 27.2. The van der Waals surface area contributed by atoms with Crippen LogP contribution in [0.3, 0.4) is 0 Å². The highest BCUT2D eigenvalue weighted by atomic mass is 35.5. The normalized spacial score (nSPS) is 18.7. The van der Waals surface area contributed by atoms with Crippen molar-refractivity contribution in [2.24, 2.45) is 0 Å². The second-order valence-electron chi connectivity index (χ2n) is 12.6. The maximum absolute atomic E-state index is 14.5. The van der Waals surface area contributed by atoms with Gasteiger partial charge >= 0.3 is 5.69 Å². The van der Waals surface area contributed by atoms with Crippen molar-refractivity contribution in [2.75, 3.05) is 26.3 Å². The third-order valence-electron chi connectivity index (χ3n) is 9.46. The highest BCUT2D eigenvalue weighted by Crippen LogP contribution is 2.31. The Bertz CT molecular complexity index is 2050. The molecule has 1 saturated carbocycles. The monoisotopic (exact) mass is 669 g/mol. The highest BCUT2D eigenvalue weighted by Gasteiger charge is 2.27. The molecule has 0 unspecified atom stereocenters. The lowest BCUT2D eigenvalue weighted by atomic mass is 9.90. The molecular formula is C37H37ClFN5O4. The fourth-order valence-electron chi connectivity index (χ4n) is 6.95. The number of nitrogens with one attached hydrogen (secondary N) is 1. The molecule has 11 heteroatoms. The van der Waals surface area contributed by atoms with E-state index in [9.17, 15) is 19.1 Å². The molecule has 0 atom stereocenters. The Morgan fingerprint density at radius 1 is 0.958 bits per heavy atom. The zero-order chi connectivity index (χ0) is 33.2. The van der Waals surface area contributed by atoms with Crippen molar-refractivity contribution in [3.8, 4) is 22.6 Å². The van der Waals surface area contributed by atoms with Gasteiger partial charge in [-0.05, 0) is 90.4 Å². The van der Waals surface area contributed by atoms with Crippen molar-refractivity contribution in [3.05, 3.63) is 122 Å². The molecule has 7 rings (SSSR count). The summed E-state index contributed by atoms with van der Waals surface area (Å²) in [6, 6.07) is 21.6. The lowest BCUT2D eigenvalue weighted by molar-refractivity contribution is 0.0342. The van der Waals surface area contributed by atoms with E-state index in [1.165, 1.54) is 15.2 Å². The minimum atomic E-state index is -0.642. The predicted octanol–water partition coefficient (Wildman–Crippen LogP) is 5.82. The fraction of sp³-hybridized carbons (Fsp3) is 0.324. The van der Waals surface area contributed by atoms with Crippen molar-refractivity contribution in [2.45, 2.75) is 50.9 Å². The number of rotatable bonds is 8. The van der Waals surface area contributed by atoms with Gasteiger partial charge in [-0.1, -0.05) is 41.9 Å². The molecule has 48 heavy (non-hydrogen) atoms. The number of halogens is 2. The van der Waals surface area contributed by atoms with Gasteiger partial charge in [0.1, 0.15) is 11.6 Å². The molecule has 2 N–H and O–H groups in total. The summed E-state index contributed by atoms with van der Waals surface area (Å²) in [7, 11) is 0. The van der Waals surface area contributed by atoms with Crippen molar-refractivity contribution >= 4 is 22.6 Å². The molecule has 1 saturated heterocycles. The highest BCUT2D eigenvalue weighted by molar-refractivity contribution is 6.30. The summed E-state index contributed by atoms with van der Waals surface area (Å²) < 4.78 is 22.8. The maximum atomic E-state index is 14.5. The van der Waals surface area contributed by atoms with E-state index in [2.05, 4.69) is 15.2 Å². The van der Waals surface area contributed by atoms with Gasteiger partial charge in [-0.25, -0.2) is 18.7 Å². The summed E-state index contributed by atoms with van der Waals surface area (Å²) in [5.74, 6) is -0.467. The fourth-order valence-corrected chi connectivity index (χ4v) is 7.07. The number of aromatic nitrogens is 3. The average molecular weight is 670 g/mol. The van der Waals surface area contributed by atoms with Crippen LogP contribution in [-0.2, 0) is 17.8 Å². The SMILES string of the molecule is O=c1c2cc(F)cnc2n(-c2cccc(-c3ccc(O)cc3CN3CCOCC3)c2)c(=O)n1[C@H]1CC[C@@H](NCc2ccc(Cl)cc2)CC1. The second-order valence-corrected chi connectivity index (χ2v) is 13.0. The van der Waals surface area contributed by atoms with E-state index >= 15 is 0 Å². The number of aromatic hydroxyl groups is 1. The zero-order valence-electron chi connectivity index (χ0n) is 26.4. The predicted molar refractivity (Wildman–Crippen MR) is 184 cm³/mol. The Morgan fingerprint density at radius 3 is 2.50 bits per heavy atom. The summed E-state index contributed by atoms with van der Waals surface area (Å²) in [6.07, 6.45) is 3.85. The van der Waals surface area contributed by atoms with E-state index in [4.69, 9.17) is 16.3 Å². The summed E-state index contributed by atoms with van der Waals surface area (Å²) >= 11 is 6.02. The molecule has 3 aromatic carbocycles. The summed E-state index contributed by atoms with van der Waals surface area (Å²) in [4.78, 5) is 34.7. The number of hydrogen-bond acceptors (Lipinski definition) is 7. The number of phenolic OH excluding ortho intramolecular Hbond substituents is 1. The first-order valence-corrected chi connectivity index (χ1v) is 16.8. The van der Waals surface area contributed by atoms with Gasteiger partial charge in [0.05, 0.1) is 30.5 Å². The molecule has 1 aliphatic heterocycles. The quantitative estimate of drug-likeness (QED) is 0.215. The smallest absolute Gasteiger partial charge is 0.337 e. The Kier molecular flexibility index (Phi) is 9.41. The molecule has 5 aromatic rings. The van der Waals surface area contributed by atoms with Gasteiger partial charge in [-0.2, -0.15) is 0 Å². The van der Waals surface area contributed by atoms with Crippen LogP contribution in [0.2, 0.25) is 5.02 Å². The first-order valence-electron chi connectivity index (χ1n) is 16.4. The number of fused-ring (bicyclic) bond motifs is 1. The van der Waals surface area contributed by atoms with Crippen LogP contribution in [0.15, 0.2) is 88.6 Å². The Hall–Kier alpha value is -4.35. The lowest BCUT2D eigenvalue weighted by Gasteiger charge is -2.30. The lowest BCUT2D eigenvalue weighted by Crippen LogP contribution is -2.44. The van der Waals surface area contributed by atoms with E-state index in [-0.39, 0.29) is 28.9 Å². The molecule has 2 fully saturated rings. The molecule has 0 amide bonds. The second kappa shape index (κ2) is 14.0. The van der Waals surface area contributed by atoms with Crippen molar-refractivity contribution in [1.82, 2.24) is 24.3 Å². The third kappa shape index (κ3) is 6.79. The van der Waals surface area contributed by atoms with Crippen molar-refractivity contribution < 1.29 is 14.2 Å². The Balaban J connectivity index is 1.22. The third-order valence-corrected chi connectivity index (χ3v) is 9.72. The molecule has 3 heterocycles. The van der Waals surface area contributed by atoms with Crippen LogP contribution >= 0.6 is 11.6 Å². The van der Waals surface area contributed by atoms with E-state index in [1.54, 1.807) is 18.2 Å². The van der Waals surface area contributed by atoms with Gasteiger partial charge < -0.3 is 15.2 Å². The molecule has 2 aromatic heterocycles. The topological polar surface area (TPSA) is 102 Å². The Morgan fingerprint density at radius 2 is 1.73 bits per heavy atom. The summed E-state index contributed by atoms with van der Waals surface area (Å²) in [5, 5.41) is 14.7. The number of nitrogens with zero attached hydrogens (tertiary/aromatic N) is 4. The Labute approximate surface area is 282 Å². The van der Waals surface area contributed by atoms with Crippen LogP contribution in [0.1, 0.15) is 42.9 Å². The molecule has 2 aliphatic rings. The van der Waals surface area contributed by atoms with Crippen LogP contribution in [0.5, 0.6) is 5.75 Å². The van der Waals surface area contributed by atoms with Gasteiger partial charge in [-0.3, -0.25) is 14.3 Å². The largest absolute Gasteiger partial charge is 0.508 e. The van der Waals surface area contributed by atoms with E-state index in [0.29, 0.717) is 49.9 Å². The number of pyridine rings is 1. The molecule has 9 nitrogen and oxygen atoms in total. The summed E-state index contributed by atoms with van der Waals surface area (Å²) in [6.45, 7) is 4.23. The number of benzene rings is 3. The number of morpholine rings is 1. The minimum Gasteiger partial charge on any atom is -0.508 e. The summed E-state index contributed by atoms with van der Waals surface area (Å²) in [5.41, 5.74) is 3.42. The van der Waals surface area contributed by atoms with Crippen molar-refractivity contribution in [3.63, 3.8) is 0 Å². The van der Waals surface area contributed by atoms with Gasteiger partial charge in [0.2, 0.25) is 0 Å².